The van der Waals surface area contributed by atoms with Crippen molar-refractivity contribution in [2.75, 3.05) is 13.7 Å². The van der Waals surface area contributed by atoms with Gasteiger partial charge in [-0.3, -0.25) is 14.9 Å². The average molecular weight is 365 g/mol. The number of benzene rings is 2. The number of hydrogen-bond donors (Lipinski definition) is 1. The molecule has 0 saturated carbocycles. The number of halogens is 1. The molecule has 9 heteroatoms. The number of nitro benzene ring substituents is 1. The Bertz CT molecular complexity index is 807. The number of nitrogens with one attached hydrogen (secondary N) is 1. The summed E-state index contributed by atoms with van der Waals surface area (Å²) in [6, 6.07) is 9.78. The van der Waals surface area contributed by atoms with Crippen molar-refractivity contribution < 1.29 is 24.0 Å². The molecular formula is C16H13ClN2O6. The van der Waals surface area contributed by atoms with Gasteiger partial charge in [0, 0.05) is 18.1 Å². The predicted molar refractivity (Wildman–Crippen MR) is 89.0 cm³/mol. The Labute approximate surface area is 147 Å². The molecular weight excluding hydrogens is 352 g/mol. The summed E-state index contributed by atoms with van der Waals surface area (Å²) in [5.41, 5.74) is -0.0663. The zero-order chi connectivity index (χ0) is 18.4. The van der Waals surface area contributed by atoms with Gasteiger partial charge in [-0.25, -0.2) is 4.79 Å². The van der Waals surface area contributed by atoms with E-state index in [0.717, 1.165) is 0 Å². The van der Waals surface area contributed by atoms with E-state index in [1.165, 1.54) is 49.5 Å². The number of carbonyl (C=O) groups is 2. The number of ether oxygens (including phenoxy) is 2. The highest BCUT2D eigenvalue weighted by molar-refractivity contribution is 6.30. The van der Waals surface area contributed by atoms with Crippen LogP contribution in [0.25, 0.3) is 0 Å². The van der Waals surface area contributed by atoms with Crippen molar-refractivity contribution in [3.8, 4) is 11.5 Å². The van der Waals surface area contributed by atoms with Crippen LogP contribution in [0.1, 0.15) is 10.4 Å². The molecule has 0 heterocycles. The standard InChI is InChI=1S/C16H13ClN2O6/c1-18-15(20)9-24-16(21)10-2-5-12(6-3-10)25-14-7-4-11(17)8-13(14)19(22)23/h2-8H,9H2,1H3,(H,18,20). The monoisotopic (exact) mass is 364 g/mol. The minimum atomic E-state index is -0.673. The van der Waals surface area contributed by atoms with Crippen LogP contribution in [-0.2, 0) is 9.53 Å². The third-order valence-electron chi connectivity index (χ3n) is 3.05. The van der Waals surface area contributed by atoms with Crippen LogP contribution in [0.4, 0.5) is 5.69 Å². The first kappa shape index (κ1) is 18.2. The smallest absolute Gasteiger partial charge is 0.338 e. The maximum atomic E-state index is 11.8. The largest absolute Gasteiger partial charge is 0.452 e. The molecule has 0 unspecified atom stereocenters. The van der Waals surface area contributed by atoms with E-state index < -0.39 is 16.8 Å². The van der Waals surface area contributed by atoms with Crippen molar-refractivity contribution in [3.05, 3.63) is 63.2 Å². The van der Waals surface area contributed by atoms with E-state index in [-0.39, 0.29) is 34.4 Å². The highest BCUT2D eigenvalue weighted by atomic mass is 35.5. The van der Waals surface area contributed by atoms with E-state index in [9.17, 15) is 19.7 Å². The molecule has 0 saturated heterocycles. The van der Waals surface area contributed by atoms with Crippen LogP contribution in [0.5, 0.6) is 11.5 Å². The highest BCUT2D eigenvalue weighted by Gasteiger charge is 2.17. The molecule has 0 spiro atoms. The summed E-state index contributed by atoms with van der Waals surface area (Å²) in [4.78, 5) is 33.2. The third-order valence-corrected chi connectivity index (χ3v) is 3.28. The van der Waals surface area contributed by atoms with Gasteiger partial charge in [-0.1, -0.05) is 11.6 Å². The lowest BCUT2D eigenvalue weighted by Gasteiger charge is -2.08. The van der Waals surface area contributed by atoms with Crippen LogP contribution < -0.4 is 10.1 Å². The second-order valence-electron chi connectivity index (χ2n) is 4.74. The third kappa shape index (κ3) is 4.92. The molecule has 0 aliphatic carbocycles. The Morgan fingerprint density at radius 1 is 1.20 bits per heavy atom. The van der Waals surface area contributed by atoms with E-state index in [2.05, 4.69) is 5.32 Å². The first-order valence-corrected chi connectivity index (χ1v) is 7.38. The maximum absolute atomic E-state index is 11.8. The van der Waals surface area contributed by atoms with Crippen molar-refractivity contribution in [2.45, 2.75) is 0 Å². The second-order valence-corrected chi connectivity index (χ2v) is 5.18. The molecule has 130 valence electrons. The summed E-state index contributed by atoms with van der Waals surface area (Å²) < 4.78 is 10.3. The number of nitrogens with zero attached hydrogens (tertiary/aromatic N) is 1. The summed E-state index contributed by atoms with van der Waals surface area (Å²) in [7, 11) is 1.43. The molecule has 0 atom stereocenters. The number of amides is 1. The van der Waals surface area contributed by atoms with E-state index in [4.69, 9.17) is 21.1 Å². The normalized spacial score (nSPS) is 10.0. The molecule has 8 nitrogen and oxygen atoms in total. The number of hydrogen-bond acceptors (Lipinski definition) is 6. The fourth-order valence-corrected chi connectivity index (χ4v) is 1.96. The first-order chi connectivity index (χ1) is 11.9. The summed E-state index contributed by atoms with van der Waals surface area (Å²) in [5.74, 6) is -0.798. The van der Waals surface area contributed by atoms with Crippen LogP contribution in [0, 0.1) is 10.1 Å². The van der Waals surface area contributed by atoms with Gasteiger partial charge in [-0.2, -0.15) is 0 Å². The summed E-state index contributed by atoms with van der Waals surface area (Å²) in [5, 5.41) is 13.6. The van der Waals surface area contributed by atoms with Crippen molar-refractivity contribution in [2.24, 2.45) is 0 Å². The van der Waals surface area contributed by atoms with E-state index >= 15 is 0 Å². The van der Waals surface area contributed by atoms with Crippen LogP contribution >= 0.6 is 11.6 Å². The van der Waals surface area contributed by atoms with Gasteiger partial charge in [0.25, 0.3) is 5.91 Å². The lowest BCUT2D eigenvalue weighted by molar-refractivity contribution is -0.385. The Kier molecular flexibility index (Phi) is 5.91. The molecule has 0 fully saturated rings. The number of nitro groups is 1. The average Bonchev–Trinajstić information content (AvgIpc) is 2.61. The molecule has 0 aromatic heterocycles. The molecule has 0 radical (unpaired) electrons. The van der Waals surface area contributed by atoms with Crippen LogP contribution in [0.3, 0.4) is 0 Å². The predicted octanol–water partition coefficient (Wildman–Crippen LogP) is 2.94. The molecule has 1 N–H and O–H groups in total. The van der Waals surface area contributed by atoms with Crippen molar-refractivity contribution >= 4 is 29.2 Å². The van der Waals surface area contributed by atoms with Gasteiger partial charge in [0.05, 0.1) is 10.5 Å². The van der Waals surface area contributed by atoms with Gasteiger partial charge in [0.1, 0.15) is 5.75 Å². The summed E-state index contributed by atoms with van der Waals surface area (Å²) in [6.45, 7) is -0.384. The number of esters is 1. The lowest BCUT2D eigenvalue weighted by Crippen LogP contribution is -2.25. The zero-order valence-corrected chi connectivity index (χ0v) is 13.8. The van der Waals surface area contributed by atoms with Gasteiger partial charge in [0.15, 0.2) is 6.61 Å². The topological polar surface area (TPSA) is 108 Å². The molecule has 2 aromatic rings. The van der Waals surface area contributed by atoms with Gasteiger partial charge in [-0.15, -0.1) is 0 Å². The molecule has 2 aromatic carbocycles. The fourth-order valence-electron chi connectivity index (χ4n) is 1.79. The minimum Gasteiger partial charge on any atom is -0.452 e. The van der Waals surface area contributed by atoms with Gasteiger partial charge in [0.2, 0.25) is 5.75 Å². The fraction of sp³-hybridized carbons (Fsp3) is 0.125. The quantitative estimate of drug-likeness (QED) is 0.479. The Morgan fingerprint density at radius 2 is 1.88 bits per heavy atom. The van der Waals surface area contributed by atoms with Gasteiger partial charge >= 0.3 is 11.7 Å². The minimum absolute atomic E-state index is 0.0179. The van der Waals surface area contributed by atoms with Crippen molar-refractivity contribution in [1.29, 1.82) is 0 Å². The van der Waals surface area contributed by atoms with E-state index in [1.54, 1.807) is 0 Å². The van der Waals surface area contributed by atoms with Crippen molar-refractivity contribution in [3.63, 3.8) is 0 Å². The van der Waals surface area contributed by atoms with E-state index in [1.807, 2.05) is 0 Å². The summed E-state index contributed by atoms with van der Waals surface area (Å²) in [6.07, 6.45) is 0. The van der Waals surface area contributed by atoms with Gasteiger partial charge in [-0.05, 0) is 36.4 Å². The number of rotatable bonds is 6. The number of likely N-dealkylation sites (N-methyl/N-ethyl adjacent to an activating group) is 1. The van der Waals surface area contributed by atoms with Gasteiger partial charge < -0.3 is 14.8 Å². The molecule has 2 rings (SSSR count). The van der Waals surface area contributed by atoms with E-state index in [0.29, 0.717) is 0 Å². The maximum Gasteiger partial charge on any atom is 0.338 e. The second kappa shape index (κ2) is 8.11. The molecule has 1 amide bonds. The highest BCUT2D eigenvalue weighted by Crippen LogP contribution is 2.33. The van der Waals surface area contributed by atoms with Crippen molar-refractivity contribution in [1.82, 2.24) is 5.32 Å². The van der Waals surface area contributed by atoms with Crippen LogP contribution in [0.2, 0.25) is 5.02 Å². The van der Waals surface area contributed by atoms with Crippen LogP contribution in [0.15, 0.2) is 42.5 Å². The molecule has 25 heavy (non-hydrogen) atoms. The summed E-state index contributed by atoms with van der Waals surface area (Å²) >= 11 is 5.74. The lowest BCUT2D eigenvalue weighted by atomic mass is 10.2. The molecule has 0 aliphatic heterocycles. The number of carbonyl (C=O) groups excluding carboxylic acids is 2. The molecule has 0 aliphatic rings. The zero-order valence-electron chi connectivity index (χ0n) is 13.0. The SMILES string of the molecule is CNC(=O)COC(=O)c1ccc(Oc2ccc(Cl)cc2[N+](=O)[O-])cc1. The first-order valence-electron chi connectivity index (χ1n) is 7.00. The molecule has 0 bridgehead atoms. The Balaban J connectivity index is 2.09. The van der Waals surface area contributed by atoms with Crippen LogP contribution in [-0.4, -0.2) is 30.5 Å². The Morgan fingerprint density at radius 3 is 2.48 bits per heavy atom. The Hall–Kier alpha value is -3.13.